The van der Waals surface area contributed by atoms with Gasteiger partial charge < -0.3 is 5.73 Å². The summed E-state index contributed by atoms with van der Waals surface area (Å²) in [5.41, 5.74) is 19.2. The van der Waals surface area contributed by atoms with E-state index in [9.17, 15) is 0 Å². The van der Waals surface area contributed by atoms with E-state index in [2.05, 4.69) is 106 Å². The highest BCUT2D eigenvalue weighted by atomic mass is 14.7. The van der Waals surface area contributed by atoms with Gasteiger partial charge in [-0.05, 0) is 73.8 Å². The van der Waals surface area contributed by atoms with Gasteiger partial charge in [-0.1, -0.05) is 87.5 Å². The third kappa shape index (κ3) is 2.07. The second-order valence-corrected chi connectivity index (χ2v) is 9.67. The van der Waals surface area contributed by atoms with Crippen LogP contribution in [0.25, 0.3) is 23.3 Å². The summed E-state index contributed by atoms with van der Waals surface area (Å²) in [5.74, 6) is 0. The van der Waals surface area contributed by atoms with Crippen molar-refractivity contribution < 1.29 is 0 Å². The van der Waals surface area contributed by atoms with E-state index in [1.54, 1.807) is 0 Å². The Balaban J connectivity index is 1.68. The smallest absolute Gasteiger partial charge is 0.0795 e. The minimum atomic E-state index is -0.436. The Labute approximate surface area is 178 Å². The van der Waals surface area contributed by atoms with Crippen molar-refractivity contribution >= 4 is 23.3 Å². The van der Waals surface area contributed by atoms with Crippen LogP contribution in [0.1, 0.15) is 43.0 Å². The van der Waals surface area contributed by atoms with Crippen molar-refractivity contribution in [2.24, 2.45) is 16.6 Å². The maximum absolute atomic E-state index is 7.13. The lowest BCUT2D eigenvalue weighted by Crippen LogP contribution is -2.36. The highest BCUT2D eigenvalue weighted by Crippen LogP contribution is 2.62. The first-order chi connectivity index (χ1) is 14.4. The van der Waals surface area contributed by atoms with E-state index in [1.807, 2.05) is 0 Å². The fourth-order valence-corrected chi connectivity index (χ4v) is 5.53. The molecule has 30 heavy (non-hydrogen) atoms. The van der Waals surface area contributed by atoms with E-state index in [1.165, 1.54) is 50.1 Å². The van der Waals surface area contributed by atoms with E-state index in [0.29, 0.717) is 0 Å². The van der Waals surface area contributed by atoms with Crippen molar-refractivity contribution in [2.45, 2.75) is 20.8 Å². The van der Waals surface area contributed by atoms with Crippen molar-refractivity contribution in [3.8, 4) is 0 Å². The fraction of sp³-hybridized carbons (Fsp3) is 0.172. The zero-order valence-electron chi connectivity index (χ0n) is 17.7. The van der Waals surface area contributed by atoms with E-state index >= 15 is 0 Å². The lowest BCUT2D eigenvalue weighted by Gasteiger charge is -2.43. The topological polar surface area (TPSA) is 26.0 Å². The molecule has 6 rings (SSSR count). The second-order valence-electron chi connectivity index (χ2n) is 9.67. The molecule has 0 saturated heterocycles. The van der Waals surface area contributed by atoms with Gasteiger partial charge in [-0.25, -0.2) is 0 Å². The molecule has 0 radical (unpaired) electrons. The van der Waals surface area contributed by atoms with Gasteiger partial charge in [-0.2, -0.15) is 0 Å². The number of benzene rings is 2. The fourth-order valence-electron chi connectivity index (χ4n) is 5.53. The summed E-state index contributed by atoms with van der Waals surface area (Å²) < 4.78 is 0. The molecule has 0 fully saturated rings. The first kappa shape index (κ1) is 17.5. The Morgan fingerprint density at radius 2 is 1.30 bits per heavy atom. The van der Waals surface area contributed by atoms with Crippen LogP contribution in [0.15, 0.2) is 95.3 Å². The third-order valence-electron chi connectivity index (χ3n) is 6.95. The molecule has 0 aliphatic heterocycles. The van der Waals surface area contributed by atoms with Gasteiger partial charge in [0, 0.05) is 5.70 Å². The zero-order valence-corrected chi connectivity index (χ0v) is 17.7. The lowest BCUT2D eigenvalue weighted by atomic mass is 9.60. The predicted octanol–water partition coefficient (Wildman–Crippen LogP) is 6.78. The lowest BCUT2D eigenvalue weighted by molar-refractivity contribution is 0.493. The third-order valence-corrected chi connectivity index (χ3v) is 6.95. The maximum Gasteiger partial charge on any atom is 0.0795 e. The summed E-state index contributed by atoms with van der Waals surface area (Å²) in [6, 6.07) is 17.4. The van der Waals surface area contributed by atoms with Crippen LogP contribution in [-0.2, 0) is 0 Å². The van der Waals surface area contributed by atoms with Crippen molar-refractivity contribution in [3.05, 3.63) is 118 Å². The van der Waals surface area contributed by atoms with E-state index in [-0.39, 0.29) is 5.41 Å². The second kappa shape index (κ2) is 5.64. The highest BCUT2D eigenvalue weighted by Gasteiger charge is 2.49. The van der Waals surface area contributed by atoms with Crippen molar-refractivity contribution in [1.82, 2.24) is 0 Å². The molecule has 0 saturated carbocycles. The predicted molar refractivity (Wildman–Crippen MR) is 127 cm³/mol. The molecular weight excluding hydrogens is 362 g/mol. The summed E-state index contributed by atoms with van der Waals surface area (Å²) in [5, 5.41) is 0. The van der Waals surface area contributed by atoms with Crippen LogP contribution in [0.4, 0.5) is 0 Å². The van der Waals surface area contributed by atoms with E-state index in [0.717, 1.165) is 5.70 Å². The molecule has 0 bridgehead atoms. The molecule has 4 aliphatic carbocycles. The molecule has 4 aliphatic rings. The standard InChI is InChI=1S/C29H25N/c1-28(2,3)26-17-23-21-12-7-5-10-19(21)16-25(23)29(27(26)30)14-8-13-22-20-11-6-4-9-18(20)15-24(22)29/h4-17H,30H2,1-3H3. The van der Waals surface area contributed by atoms with Crippen LogP contribution >= 0.6 is 0 Å². The number of fused-ring (bicyclic) bond motifs is 8. The van der Waals surface area contributed by atoms with Gasteiger partial charge in [-0.15, -0.1) is 0 Å². The van der Waals surface area contributed by atoms with Gasteiger partial charge in [-0.3, -0.25) is 0 Å². The van der Waals surface area contributed by atoms with Gasteiger partial charge in [0.05, 0.1) is 5.41 Å². The molecule has 0 aromatic heterocycles. The normalized spacial score (nSPS) is 23.3. The molecule has 2 aromatic carbocycles. The Morgan fingerprint density at radius 1 is 0.733 bits per heavy atom. The largest absolute Gasteiger partial charge is 0.401 e. The first-order valence-electron chi connectivity index (χ1n) is 10.7. The molecule has 146 valence electrons. The van der Waals surface area contributed by atoms with Crippen LogP contribution in [-0.4, -0.2) is 0 Å². The van der Waals surface area contributed by atoms with Crippen molar-refractivity contribution in [3.63, 3.8) is 0 Å². The Bertz CT molecular complexity index is 1300. The number of allylic oxidation sites excluding steroid dienone is 7. The number of hydrogen-bond donors (Lipinski definition) is 1. The quantitative estimate of drug-likeness (QED) is 0.530. The van der Waals surface area contributed by atoms with E-state index in [4.69, 9.17) is 5.73 Å². The number of nitrogens with two attached hydrogens (primary N) is 1. The molecule has 1 heteroatoms. The monoisotopic (exact) mass is 387 g/mol. The summed E-state index contributed by atoms with van der Waals surface area (Å²) >= 11 is 0. The molecule has 2 aromatic rings. The van der Waals surface area contributed by atoms with Crippen molar-refractivity contribution in [1.29, 1.82) is 0 Å². The molecule has 0 heterocycles. The molecule has 1 spiro atoms. The SMILES string of the molecule is CC(C)(C)C1=C(N)C2(C=CC=C3C2=Cc2ccccc23)C2=Cc3ccccc3C2=C1. The average molecular weight is 388 g/mol. The van der Waals surface area contributed by atoms with Gasteiger partial charge in [0.25, 0.3) is 0 Å². The molecular formula is C29H25N. The minimum Gasteiger partial charge on any atom is -0.401 e. The van der Waals surface area contributed by atoms with Gasteiger partial charge in [0.1, 0.15) is 0 Å². The summed E-state index contributed by atoms with van der Waals surface area (Å²) in [6.45, 7) is 6.78. The molecule has 0 amide bonds. The van der Waals surface area contributed by atoms with Crippen LogP contribution in [0.5, 0.6) is 0 Å². The molecule has 1 unspecified atom stereocenters. The van der Waals surface area contributed by atoms with E-state index < -0.39 is 5.41 Å². The average Bonchev–Trinajstić information content (AvgIpc) is 3.29. The van der Waals surface area contributed by atoms with Crippen molar-refractivity contribution in [2.75, 3.05) is 0 Å². The Kier molecular flexibility index (Phi) is 3.29. The minimum absolute atomic E-state index is 0.0473. The Morgan fingerprint density at radius 3 is 1.93 bits per heavy atom. The van der Waals surface area contributed by atoms with Gasteiger partial charge in [0.2, 0.25) is 0 Å². The van der Waals surface area contributed by atoms with Gasteiger partial charge in [0.15, 0.2) is 0 Å². The summed E-state index contributed by atoms with van der Waals surface area (Å²) in [7, 11) is 0. The maximum atomic E-state index is 7.13. The van der Waals surface area contributed by atoms with Crippen LogP contribution in [0.3, 0.4) is 0 Å². The molecule has 1 atom stereocenters. The van der Waals surface area contributed by atoms with Crippen LogP contribution < -0.4 is 5.73 Å². The van der Waals surface area contributed by atoms with Crippen LogP contribution in [0, 0.1) is 10.8 Å². The first-order valence-corrected chi connectivity index (χ1v) is 10.7. The van der Waals surface area contributed by atoms with Gasteiger partial charge >= 0.3 is 0 Å². The van der Waals surface area contributed by atoms with Crippen LogP contribution in [0.2, 0.25) is 0 Å². The Hall–Kier alpha value is -3.32. The molecule has 2 N–H and O–H groups in total. The number of hydrogen-bond acceptors (Lipinski definition) is 1. The number of rotatable bonds is 0. The highest BCUT2D eigenvalue weighted by molar-refractivity contribution is 6.06. The summed E-state index contributed by atoms with van der Waals surface area (Å²) in [4.78, 5) is 0. The zero-order chi connectivity index (χ0) is 20.7. The molecule has 1 nitrogen and oxygen atoms in total. The summed E-state index contributed by atoms with van der Waals surface area (Å²) in [6.07, 6.45) is 13.8.